The highest BCUT2D eigenvalue weighted by Crippen LogP contribution is 2.17. The maximum Gasteiger partial charge on any atom is 0.157 e. The second kappa shape index (κ2) is 3.14. The first kappa shape index (κ1) is 7.72. The smallest absolute Gasteiger partial charge is 0.157 e. The molecular weight excluding hydrogens is 138 g/mol. The molecule has 3 nitrogen and oxygen atoms in total. The van der Waals surface area contributed by atoms with Crippen LogP contribution in [-0.4, -0.2) is 16.0 Å². The molecule has 1 rings (SSSR count). The molecule has 1 aromatic rings. The quantitative estimate of drug-likeness (QED) is 0.589. The van der Waals surface area contributed by atoms with Crippen molar-refractivity contribution < 1.29 is 0 Å². The number of hydrogen-bond acceptors (Lipinski definition) is 2. The Bertz CT molecular complexity index is 284. The normalized spacial score (nSPS) is 10.7. The lowest BCUT2D eigenvalue weighted by Crippen LogP contribution is -1.88. The Balaban J connectivity index is 3.17. The molecule has 0 aliphatic rings. The van der Waals surface area contributed by atoms with Gasteiger partial charge in [0.2, 0.25) is 0 Å². The van der Waals surface area contributed by atoms with E-state index in [1.165, 1.54) is 0 Å². The van der Waals surface area contributed by atoms with Crippen molar-refractivity contribution in [2.24, 2.45) is 12.0 Å². The predicted molar refractivity (Wildman–Crippen MR) is 47.1 cm³/mol. The van der Waals surface area contributed by atoms with Gasteiger partial charge in [0.25, 0.3) is 0 Å². The fourth-order valence-electron chi connectivity index (χ4n) is 0.872. The third kappa shape index (κ3) is 1.37. The van der Waals surface area contributed by atoms with Gasteiger partial charge in [0.15, 0.2) is 5.82 Å². The first-order valence-electron chi connectivity index (χ1n) is 3.42. The van der Waals surface area contributed by atoms with Crippen LogP contribution < -0.4 is 0 Å². The summed E-state index contributed by atoms with van der Waals surface area (Å²) in [5, 5.41) is 4.04. The van der Waals surface area contributed by atoms with E-state index in [1.54, 1.807) is 23.2 Å². The van der Waals surface area contributed by atoms with E-state index < -0.39 is 0 Å². The van der Waals surface area contributed by atoms with E-state index >= 15 is 0 Å². The van der Waals surface area contributed by atoms with E-state index in [9.17, 15) is 0 Å². The van der Waals surface area contributed by atoms with Crippen LogP contribution >= 0.6 is 0 Å². The average Bonchev–Trinajstić information content (AvgIpc) is 2.34. The van der Waals surface area contributed by atoms with E-state index in [0.29, 0.717) is 0 Å². The molecule has 0 fully saturated rings. The minimum absolute atomic E-state index is 0.850. The van der Waals surface area contributed by atoms with Gasteiger partial charge >= 0.3 is 0 Å². The first-order chi connectivity index (χ1) is 5.29. The van der Waals surface area contributed by atoms with Gasteiger partial charge in [-0.3, -0.25) is 4.68 Å². The van der Waals surface area contributed by atoms with E-state index in [1.807, 2.05) is 14.0 Å². The molecule has 11 heavy (non-hydrogen) atoms. The van der Waals surface area contributed by atoms with E-state index in [0.717, 1.165) is 11.4 Å². The molecule has 0 unspecified atom stereocenters. The van der Waals surface area contributed by atoms with Crippen LogP contribution in [0.1, 0.15) is 12.5 Å². The van der Waals surface area contributed by atoms with Gasteiger partial charge in [0.1, 0.15) is 0 Å². The minimum Gasteiger partial charge on any atom is -0.250 e. The van der Waals surface area contributed by atoms with E-state index in [2.05, 4.69) is 16.7 Å². The van der Waals surface area contributed by atoms with Crippen LogP contribution in [0.3, 0.4) is 0 Å². The summed E-state index contributed by atoms with van der Waals surface area (Å²) in [5.41, 5.74) is 0.964. The maximum absolute atomic E-state index is 4.14. The van der Waals surface area contributed by atoms with E-state index in [-0.39, 0.29) is 0 Å². The van der Waals surface area contributed by atoms with Crippen molar-refractivity contribution in [3.8, 4) is 0 Å². The molecule has 0 bridgehead atoms. The van der Waals surface area contributed by atoms with Crippen molar-refractivity contribution in [1.29, 1.82) is 0 Å². The van der Waals surface area contributed by atoms with Crippen molar-refractivity contribution >= 4 is 18.1 Å². The van der Waals surface area contributed by atoms with Gasteiger partial charge < -0.3 is 0 Å². The number of aliphatic imine (C=N–C) groups is 1. The van der Waals surface area contributed by atoms with Crippen LogP contribution in [0.2, 0.25) is 0 Å². The number of aryl methyl sites for hydroxylation is 1. The van der Waals surface area contributed by atoms with Crippen LogP contribution in [0.25, 0.3) is 6.08 Å². The molecule has 0 N–H and O–H groups in total. The highest BCUT2D eigenvalue weighted by molar-refractivity contribution is 5.65. The fraction of sp³-hybridized carbons (Fsp3) is 0.250. The number of rotatable bonds is 2. The zero-order valence-electron chi connectivity index (χ0n) is 6.78. The van der Waals surface area contributed by atoms with Gasteiger partial charge in [0, 0.05) is 18.8 Å². The molecule has 1 heterocycles. The zero-order valence-corrected chi connectivity index (χ0v) is 6.78. The summed E-state index contributed by atoms with van der Waals surface area (Å²) in [6, 6.07) is 0. The van der Waals surface area contributed by atoms with Crippen LogP contribution in [0.4, 0.5) is 5.82 Å². The molecule has 0 saturated heterocycles. The molecule has 1 aromatic heterocycles. The molecule has 0 aliphatic heterocycles. The van der Waals surface area contributed by atoms with Crippen LogP contribution in [-0.2, 0) is 7.05 Å². The molecule has 3 heteroatoms. The molecule has 58 valence electrons. The molecule has 0 aromatic carbocycles. The standard InChI is InChI=1S/C8H11N3/c1-4-7-6-10-11(3)8(7)9-5-2/h4-6H,1H2,2-3H3/b9-5-. The summed E-state index contributed by atoms with van der Waals surface area (Å²) in [6.45, 7) is 5.53. The highest BCUT2D eigenvalue weighted by atomic mass is 15.3. The topological polar surface area (TPSA) is 30.2 Å². The van der Waals surface area contributed by atoms with Crippen molar-refractivity contribution in [1.82, 2.24) is 9.78 Å². The second-order valence-corrected chi connectivity index (χ2v) is 2.14. The largest absolute Gasteiger partial charge is 0.250 e. The van der Waals surface area contributed by atoms with Gasteiger partial charge in [-0.1, -0.05) is 12.7 Å². The lowest BCUT2D eigenvalue weighted by atomic mass is 10.3. The Hall–Kier alpha value is -1.38. The molecule has 0 radical (unpaired) electrons. The summed E-state index contributed by atoms with van der Waals surface area (Å²) in [7, 11) is 1.86. The van der Waals surface area contributed by atoms with Gasteiger partial charge in [-0.05, 0) is 6.92 Å². The Morgan fingerprint density at radius 2 is 2.45 bits per heavy atom. The zero-order chi connectivity index (χ0) is 8.27. The van der Waals surface area contributed by atoms with Crippen molar-refractivity contribution in [3.63, 3.8) is 0 Å². The molecule has 0 saturated carbocycles. The summed E-state index contributed by atoms with van der Waals surface area (Å²) < 4.78 is 1.72. The minimum atomic E-state index is 0.850. The first-order valence-corrected chi connectivity index (χ1v) is 3.42. The Morgan fingerprint density at radius 3 is 3.00 bits per heavy atom. The Morgan fingerprint density at radius 1 is 1.73 bits per heavy atom. The monoisotopic (exact) mass is 149 g/mol. The van der Waals surface area contributed by atoms with Crippen LogP contribution in [0.5, 0.6) is 0 Å². The molecule has 0 amide bonds. The number of hydrogen-bond donors (Lipinski definition) is 0. The fourth-order valence-corrected chi connectivity index (χ4v) is 0.872. The molecule has 0 aliphatic carbocycles. The van der Waals surface area contributed by atoms with Gasteiger partial charge in [-0.25, -0.2) is 4.99 Å². The SMILES string of the molecule is C=Cc1cnn(C)c1/N=C\C. The Kier molecular flexibility index (Phi) is 2.21. The van der Waals surface area contributed by atoms with Crippen LogP contribution in [0, 0.1) is 0 Å². The average molecular weight is 149 g/mol. The summed E-state index contributed by atoms with van der Waals surface area (Å²) in [4.78, 5) is 4.14. The summed E-state index contributed by atoms with van der Waals surface area (Å²) >= 11 is 0. The lowest BCUT2D eigenvalue weighted by Gasteiger charge is -1.93. The summed E-state index contributed by atoms with van der Waals surface area (Å²) in [5.74, 6) is 0.850. The predicted octanol–water partition coefficient (Wildman–Crippen LogP) is 1.79. The van der Waals surface area contributed by atoms with Gasteiger partial charge in [-0.15, -0.1) is 0 Å². The Labute approximate surface area is 66.1 Å². The molecule has 0 spiro atoms. The maximum atomic E-state index is 4.14. The summed E-state index contributed by atoms with van der Waals surface area (Å²) in [6.07, 6.45) is 5.23. The highest BCUT2D eigenvalue weighted by Gasteiger charge is 2.00. The van der Waals surface area contributed by atoms with Crippen molar-refractivity contribution in [2.45, 2.75) is 6.92 Å². The third-order valence-corrected chi connectivity index (χ3v) is 1.41. The second-order valence-electron chi connectivity index (χ2n) is 2.14. The van der Waals surface area contributed by atoms with E-state index in [4.69, 9.17) is 0 Å². The van der Waals surface area contributed by atoms with Gasteiger partial charge in [-0.2, -0.15) is 5.10 Å². The van der Waals surface area contributed by atoms with Crippen molar-refractivity contribution in [2.75, 3.05) is 0 Å². The lowest BCUT2D eigenvalue weighted by molar-refractivity contribution is 0.771. The third-order valence-electron chi connectivity index (χ3n) is 1.41. The van der Waals surface area contributed by atoms with Gasteiger partial charge in [0.05, 0.1) is 6.20 Å². The number of nitrogens with zero attached hydrogens (tertiary/aromatic N) is 3. The molecular formula is C8H11N3. The number of aromatic nitrogens is 2. The van der Waals surface area contributed by atoms with Crippen LogP contribution in [0.15, 0.2) is 17.8 Å². The molecule has 0 atom stereocenters. The van der Waals surface area contributed by atoms with Crippen molar-refractivity contribution in [3.05, 3.63) is 18.3 Å².